The zero-order chi connectivity index (χ0) is 10.8. The van der Waals surface area contributed by atoms with Crippen molar-refractivity contribution in [1.82, 2.24) is 4.90 Å². The van der Waals surface area contributed by atoms with Crippen LogP contribution in [0.4, 0.5) is 0 Å². The van der Waals surface area contributed by atoms with Crippen LogP contribution in [-0.4, -0.2) is 67.6 Å². The van der Waals surface area contributed by atoms with E-state index in [0.29, 0.717) is 4.90 Å². The monoisotopic (exact) mass is 237 g/mol. The molecule has 0 aliphatic rings. The van der Waals surface area contributed by atoms with Gasteiger partial charge in [0, 0.05) is 7.05 Å². The van der Waals surface area contributed by atoms with E-state index in [1.165, 1.54) is 0 Å². The van der Waals surface area contributed by atoms with Gasteiger partial charge in [-0.3, -0.25) is 9.97 Å². The molecule has 0 saturated heterocycles. The molecular formula is C4H12MgN3O5P. The van der Waals surface area contributed by atoms with Crippen LogP contribution in [0.3, 0.4) is 0 Å². The van der Waals surface area contributed by atoms with E-state index in [0.717, 1.165) is 7.05 Å². The molecule has 0 fully saturated rings. The van der Waals surface area contributed by atoms with Gasteiger partial charge in [-0.2, -0.15) is 0 Å². The topological polar surface area (TPSA) is 148 Å². The summed E-state index contributed by atoms with van der Waals surface area (Å²) in [7, 11) is -3.82. The van der Waals surface area contributed by atoms with E-state index in [1.807, 2.05) is 0 Å². The number of hydrogen-bond donors (Lipinski definition) is 5. The first kappa shape index (κ1) is 16.1. The number of guanidine groups is 1. The summed E-state index contributed by atoms with van der Waals surface area (Å²) in [6.07, 6.45) is 0. The largest absolute Gasteiger partial charge is 2.00 e. The molecule has 8 nitrogen and oxygen atoms in total. The fourth-order valence-corrected chi connectivity index (χ4v) is 1.53. The van der Waals surface area contributed by atoms with Gasteiger partial charge < -0.3 is 28.4 Å². The molecule has 0 saturated carbocycles. The van der Waals surface area contributed by atoms with Crippen LogP contribution in [0.1, 0.15) is 2.85 Å². The minimum absolute atomic E-state index is 0. The molecule has 0 bridgehead atoms. The van der Waals surface area contributed by atoms with Gasteiger partial charge in [0.25, 0.3) is 0 Å². The molecule has 6 N–H and O–H groups in total. The van der Waals surface area contributed by atoms with Gasteiger partial charge in [0.05, 0.1) is 0 Å². The van der Waals surface area contributed by atoms with Gasteiger partial charge in [0.15, 0.2) is 5.96 Å². The molecule has 0 aromatic heterocycles. The third-order valence-electron chi connectivity index (χ3n) is 1.29. The number of carboxylic acid groups (broad SMARTS) is 1. The summed E-state index contributed by atoms with van der Waals surface area (Å²) in [6, 6.07) is 0. The molecule has 0 amide bonds. The number of carboxylic acids is 1. The Morgan fingerprint density at radius 1 is 1.64 bits per heavy atom. The van der Waals surface area contributed by atoms with Crippen molar-refractivity contribution in [3.63, 3.8) is 0 Å². The Morgan fingerprint density at radius 2 is 2.00 bits per heavy atom. The Hall–Kier alpha value is -0.344. The van der Waals surface area contributed by atoms with E-state index in [4.69, 9.17) is 26.0 Å². The molecule has 1 atom stereocenters. The molecule has 0 radical (unpaired) electrons. The maximum Gasteiger partial charge on any atom is 2.00 e. The second-order valence-electron chi connectivity index (χ2n) is 2.30. The van der Waals surface area contributed by atoms with E-state index in [1.54, 1.807) is 0 Å². The van der Waals surface area contributed by atoms with Crippen molar-refractivity contribution in [3.8, 4) is 0 Å². The molecule has 14 heavy (non-hydrogen) atoms. The Labute approximate surface area is 98.9 Å². The SMILES string of the molecule is CN(C(=N)N)C(C(=O)O)P(=O)(O)O.[H-].[H-].[Mg+2]. The summed E-state index contributed by atoms with van der Waals surface area (Å²) in [5.74, 6) is -4.56. The summed E-state index contributed by atoms with van der Waals surface area (Å²) in [6.45, 7) is 0. The van der Waals surface area contributed by atoms with Crippen molar-refractivity contribution in [2.75, 3.05) is 7.05 Å². The molecule has 0 heterocycles. The van der Waals surface area contributed by atoms with Crippen LogP contribution in [0, 0.1) is 5.41 Å². The number of aliphatic carboxylic acids is 1. The zero-order valence-electron chi connectivity index (χ0n) is 9.41. The van der Waals surface area contributed by atoms with Gasteiger partial charge in [-0.15, -0.1) is 0 Å². The molecule has 1 unspecified atom stereocenters. The predicted molar refractivity (Wildman–Crippen MR) is 51.1 cm³/mol. The molecular weight excluding hydrogens is 225 g/mol. The molecule has 0 aromatic carbocycles. The fourth-order valence-electron chi connectivity index (χ4n) is 0.667. The van der Waals surface area contributed by atoms with Crippen molar-refractivity contribution in [2.45, 2.75) is 5.78 Å². The van der Waals surface area contributed by atoms with Gasteiger partial charge in [-0.1, -0.05) is 0 Å². The number of nitrogens with two attached hydrogens (primary N) is 1. The van der Waals surface area contributed by atoms with Crippen molar-refractivity contribution >= 4 is 42.6 Å². The van der Waals surface area contributed by atoms with Crippen LogP contribution >= 0.6 is 7.60 Å². The maximum atomic E-state index is 10.6. The second kappa shape index (κ2) is 5.52. The van der Waals surface area contributed by atoms with Crippen LogP contribution in [0.25, 0.3) is 0 Å². The summed E-state index contributed by atoms with van der Waals surface area (Å²) >= 11 is 0. The minimum atomic E-state index is -4.84. The first-order chi connectivity index (χ1) is 5.68. The van der Waals surface area contributed by atoms with E-state index in [2.05, 4.69) is 0 Å². The number of hydrogen-bond acceptors (Lipinski definition) is 3. The molecule has 0 aromatic rings. The van der Waals surface area contributed by atoms with Gasteiger partial charge in [0.2, 0.25) is 5.78 Å². The zero-order valence-corrected chi connectivity index (χ0v) is 9.72. The Bertz CT molecular complexity index is 287. The van der Waals surface area contributed by atoms with Crippen LogP contribution in [0.5, 0.6) is 0 Å². The number of carbonyl (C=O) groups is 1. The fraction of sp³-hybridized carbons (Fsp3) is 0.500. The number of nitrogens with one attached hydrogen (secondary N) is 1. The number of rotatable bonds is 3. The van der Waals surface area contributed by atoms with Crippen molar-refractivity contribution in [3.05, 3.63) is 0 Å². The van der Waals surface area contributed by atoms with Gasteiger partial charge in [0.1, 0.15) is 0 Å². The third-order valence-corrected chi connectivity index (χ3v) is 2.49. The molecule has 10 heteroatoms. The maximum absolute atomic E-state index is 10.6. The van der Waals surface area contributed by atoms with Gasteiger partial charge in [-0.05, 0) is 0 Å². The van der Waals surface area contributed by atoms with Crippen molar-refractivity contribution < 1.29 is 27.1 Å². The molecule has 80 valence electrons. The quantitative estimate of drug-likeness (QED) is 0.169. The smallest absolute Gasteiger partial charge is 1.00 e. The normalized spacial score (nSPS) is 12.5. The summed E-state index contributed by atoms with van der Waals surface area (Å²) in [5, 5.41) is 15.2. The Morgan fingerprint density at radius 3 is 2.07 bits per heavy atom. The van der Waals surface area contributed by atoms with Crippen molar-refractivity contribution in [2.24, 2.45) is 5.73 Å². The molecule has 0 aliphatic heterocycles. The molecule has 0 aliphatic carbocycles. The standard InChI is InChI=1S/C4H10N3O5P.Mg.2H/c1-7(4(5)6)2(3(8)9)13(10,11)12;;;/h2H,1H3,(H3,5,6)(H,8,9)(H2,10,11,12);;;/q;+2;2*-1. The average molecular weight is 237 g/mol. The van der Waals surface area contributed by atoms with E-state index in [9.17, 15) is 9.36 Å². The second-order valence-corrected chi connectivity index (χ2v) is 3.96. The Balaban J connectivity index is -0.000000240. The number of likely N-dealkylation sites (N-methyl/N-ethyl adjacent to an activating group) is 1. The van der Waals surface area contributed by atoms with Gasteiger partial charge >= 0.3 is 36.6 Å². The van der Waals surface area contributed by atoms with E-state index < -0.39 is 25.3 Å². The summed E-state index contributed by atoms with van der Waals surface area (Å²) < 4.78 is 10.6. The minimum Gasteiger partial charge on any atom is -1.00 e. The average Bonchev–Trinajstić information content (AvgIpc) is 1.82. The first-order valence-electron chi connectivity index (χ1n) is 3.02. The van der Waals surface area contributed by atoms with Gasteiger partial charge in [-0.25, -0.2) is 4.79 Å². The molecule has 0 rings (SSSR count). The Kier molecular flexibility index (Phi) is 6.34. The van der Waals surface area contributed by atoms with E-state index in [-0.39, 0.29) is 25.9 Å². The van der Waals surface area contributed by atoms with Crippen LogP contribution in [-0.2, 0) is 9.36 Å². The van der Waals surface area contributed by atoms with Crippen molar-refractivity contribution in [1.29, 1.82) is 5.41 Å². The third kappa shape index (κ3) is 4.25. The summed E-state index contributed by atoms with van der Waals surface area (Å²) in [4.78, 5) is 28.1. The van der Waals surface area contributed by atoms with Crippen LogP contribution < -0.4 is 5.73 Å². The van der Waals surface area contributed by atoms with Crippen LogP contribution in [0.15, 0.2) is 0 Å². The first-order valence-corrected chi connectivity index (χ1v) is 4.71. The van der Waals surface area contributed by atoms with E-state index >= 15 is 0 Å². The predicted octanol–water partition coefficient (Wildman–Crippen LogP) is -1.76. The molecule has 0 spiro atoms. The van der Waals surface area contributed by atoms with Crippen LogP contribution in [0.2, 0.25) is 0 Å². The summed E-state index contributed by atoms with van der Waals surface area (Å²) in [5.41, 5.74) is 4.87. The number of nitrogens with zero attached hydrogens (tertiary/aromatic N) is 1.